The molecule has 0 aromatic carbocycles. The van der Waals surface area contributed by atoms with Gasteiger partial charge in [-0.15, -0.1) is 11.6 Å². The minimum absolute atomic E-state index is 0.00350. The van der Waals surface area contributed by atoms with Gasteiger partial charge in [0.05, 0.1) is 35.6 Å². The summed E-state index contributed by atoms with van der Waals surface area (Å²) in [7, 11) is 0. The van der Waals surface area contributed by atoms with Crippen molar-refractivity contribution in [1.82, 2.24) is 16.0 Å². The van der Waals surface area contributed by atoms with Crippen molar-refractivity contribution in [3.63, 3.8) is 0 Å². The van der Waals surface area contributed by atoms with Crippen molar-refractivity contribution in [3.05, 3.63) is 0 Å². The summed E-state index contributed by atoms with van der Waals surface area (Å²) < 4.78 is 24.3. The number of carbonyl (C=O) groups excluding carboxylic acids is 3. The molecule has 10 heteroatoms. The molecule has 180 valence electrons. The van der Waals surface area contributed by atoms with E-state index in [0.29, 0.717) is 58.1 Å². The average molecular weight is 474 g/mol. The summed E-state index contributed by atoms with van der Waals surface area (Å²) in [4.78, 5) is 36.9. The van der Waals surface area contributed by atoms with Gasteiger partial charge in [-0.1, -0.05) is 0 Å². The van der Waals surface area contributed by atoms with Crippen LogP contribution in [0.4, 0.5) is 4.39 Å². The highest BCUT2D eigenvalue weighted by molar-refractivity contribution is 6.21. The summed E-state index contributed by atoms with van der Waals surface area (Å²) in [6, 6.07) is 0. The number of hydrogen-bond acceptors (Lipinski definition) is 6. The van der Waals surface area contributed by atoms with Crippen LogP contribution in [0.25, 0.3) is 0 Å². The molecule has 5 atom stereocenters. The molecule has 1 heterocycles. The van der Waals surface area contributed by atoms with Gasteiger partial charge in [-0.3, -0.25) is 19.7 Å². The van der Waals surface area contributed by atoms with Gasteiger partial charge in [-0.2, -0.15) is 0 Å². The minimum Gasteiger partial charge on any atom is -0.466 e. The quantitative estimate of drug-likeness (QED) is 0.365. The molecule has 5 rings (SSSR count). The second-order valence-electron chi connectivity index (χ2n) is 9.88. The fraction of sp³-hybridized carbons (Fsp3) is 0.864. The Balaban J connectivity index is 1.13. The van der Waals surface area contributed by atoms with Crippen LogP contribution in [0.5, 0.6) is 0 Å². The molecule has 32 heavy (non-hydrogen) atoms. The predicted molar refractivity (Wildman–Crippen MR) is 115 cm³/mol. The number of nitrogens with one attached hydrogen (secondary N) is 3. The predicted octanol–water partition coefficient (Wildman–Crippen LogP) is 1.54. The Morgan fingerprint density at radius 2 is 1.91 bits per heavy atom. The van der Waals surface area contributed by atoms with Crippen LogP contribution >= 0.6 is 11.6 Å². The molecule has 1 saturated heterocycles. The lowest BCUT2D eigenvalue weighted by atomic mass is 9.39. The minimum atomic E-state index is -1.09. The van der Waals surface area contributed by atoms with Crippen molar-refractivity contribution in [1.29, 1.82) is 0 Å². The van der Waals surface area contributed by atoms with E-state index in [1.165, 1.54) is 0 Å². The van der Waals surface area contributed by atoms with Crippen LogP contribution in [0, 0.1) is 11.3 Å². The van der Waals surface area contributed by atoms with E-state index in [-0.39, 0.29) is 54.5 Å². The number of piperidine rings is 1. The lowest BCUT2D eigenvalue weighted by Gasteiger charge is -2.69. The zero-order valence-electron chi connectivity index (χ0n) is 18.5. The van der Waals surface area contributed by atoms with Crippen LogP contribution in [0.3, 0.4) is 0 Å². The highest BCUT2D eigenvalue weighted by Crippen LogP contribution is 2.67. The number of ether oxygens (including phenoxy) is 2. The molecule has 0 aromatic heterocycles. The summed E-state index contributed by atoms with van der Waals surface area (Å²) in [6.45, 7) is 2.55. The highest BCUT2D eigenvalue weighted by atomic mass is 35.5. The van der Waals surface area contributed by atoms with E-state index < -0.39 is 17.0 Å². The molecule has 2 bridgehead atoms. The molecule has 5 fully saturated rings. The van der Waals surface area contributed by atoms with Crippen molar-refractivity contribution in [3.8, 4) is 0 Å². The first-order chi connectivity index (χ1) is 15.2. The Hall–Kier alpha value is -1.45. The van der Waals surface area contributed by atoms with Gasteiger partial charge in [0.25, 0.3) is 0 Å². The molecular weight excluding hydrogens is 441 g/mol. The number of amides is 2. The summed E-state index contributed by atoms with van der Waals surface area (Å²) in [5, 5.41) is 8.81. The molecule has 2 amide bonds. The van der Waals surface area contributed by atoms with Crippen LogP contribution in [0.2, 0.25) is 0 Å². The van der Waals surface area contributed by atoms with E-state index in [9.17, 15) is 18.8 Å². The van der Waals surface area contributed by atoms with E-state index >= 15 is 0 Å². The first kappa shape index (κ1) is 23.7. The summed E-state index contributed by atoms with van der Waals surface area (Å²) in [5.74, 6) is -0.577. The number of hydrogen-bond donors (Lipinski definition) is 3. The molecule has 0 radical (unpaired) electrons. The van der Waals surface area contributed by atoms with Gasteiger partial charge in [0.1, 0.15) is 12.8 Å². The van der Waals surface area contributed by atoms with Gasteiger partial charge in [0, 0.05) is 18.5 Å². The van der Waals surface area contributed by atoms with E-state index in [1.807, 2.05) is 0 Å². The van der Waals surface area contributed by atoms with E-state index in [0.717, 1.165) is 0 Å². The normalized spacial score (nSPS) is 40.4. The molecule has 5 unspecified atom stereocenters. The molecule has 4 aliphatic carbocycles. The van der Waals surface area contributed by atoms with Crippen LogP contribution in [-0.4, -0.2) is 66.9 Å². The van der Waals surface area contributed by atoms with Gasteiger partial charge in [-0.05, 0) is 51.9 Å². The Morgan fingerprint density at radius 3 is 2.53 bits per heavy atom. The van der Waals surface area contributed by atoms with Crippen LogP contribution in [-0.2, 0) is 23.9 Å². The third-order valence-electron chi connectivity index (χ3n) is 7.35. The van der Waals surface area contributed by atoms with Gasteiger partial charge >= 0.3 is 5.97 Å². The molecule has 0 aromatic rings. The number of esters is 1. The fourth-order valence-corrected chi connectivity index (χ4v) is 5.86. The van der Waals surface area contributed by atoms with Crippen LogP contribution < -0.4 is 16.0 Å². The number of alkyl halides is 2. The average Bonchev–Trinajstić information content (AvgIpc) is 2.71. The molecule has 0 spiro atoms. The van der Waals surface area contributed by atoms with Crippen molar-refractivity contribution >= 4 is 29.4 Å². The van der Waals surface area contributed by atoms with Crippen LogP contribution in [0.15, 0.2) is 0 Å². The summed E-state index contributed by atoms with van der Waals surface area (Å²) in [5.41, 5.74) is -0.725. The Kier molecular flexibility index (Phi) is 6.98. The van der Waals surface area contributed by atoms with Crippen molar-refractivity contribution in [2.45, 2.75) is 87.6 Å². The second-order valence-corrected chi connectivity index (χ2v) is 10.4. The topological polar surface area (TPSA) is 106 Å². The lowest BCUT2D eigenvalue weighted by molar-refractivity contribution is -0.185. The van der Waals surface area contributed by atoms with E-state index in [2.05, 4.69) is 16.0 Å². The SMILES string of the molecule is CCOC(=O)C1CCC(NC(=O)C23CC(NC(=O)COC4CCC(Cl)C(F)C4)(C2)C3)NC1. The Morgan fingerprint density at radius 1 is 1.16 bits per heavy atom. The summed E-state index contributed by atoms with van der Waals surface area (Å²) in [6.07, 6.45) is 3.15. The molecular formula is C22H33ClFN3O5. The molecule has 4 saturated carbocycles. The molecule has 3 N–H and O–H groups in total. The van der Waals surface area contributed by atoms with Crippen molar-refractivity contribution in [2.24, 2.45) is 11.3 Å². The van der Waals surface area contributed by atoms with Crippen molar-refractivity contribution < 1.29 is 28.2 Å². The smallest absolute Gasteiger partial charge is 0.310 e. The number of rotatable bonds is 8. The number of halogens is 2. The maximum absolute atomic E-state index is 13.7. The van der Waals surface area contributed by atoms with Gasteiger partial charge in [-0.25, -0.2) is 4.39 Å². The molecule has 8 nitrogen and oxygen atoms in total. The lowest BCUT2D eigenvalue weighted by Crippen LogP contribution is -2.79. The van der Waals surface area contributed by atoms with Crippen LogP contribution in [0.1, 0.15) is 58.3 Å². The zero-order valence-corrected chi connectivity index (χ0v) is 19.2. The zero-order chi connectivity index (χ0) is 22.9. The fourth-order valence-electron chi connectivity index (χ4n) is 5.63. The highest BCUT2D eigenvalue weighted by Gasteiger charge is 2.72. The number of carbonyl (C=O) groups is 3. The Labute approximate surface area is 192 Å². The maximum atomic E-state index is 13.7. The second kappa shape index (κ2) is 9.43. The maximum Gasteiger partial charge on any atom is 0.310 e. The summed E-state index contributed by atoms with van der Waals surface area (Å²) >= 11 is 5.88. The van der Waals surface area contributed by atoms with Gasteiger partial charge < -0.3 is 20.1 Å². The Bertz CT molecular complexity index is 725. The van der Waals surface area contributed by atoms with Crippen molar-refractivity contribution in [2.75, 3.05) is 19.8 Å². The third-order valence-corrected chi connectivity index (χ3v) is 7.84. The molecule has 1 aliphatic heterocycles. The van der Waals surface area contributed by atoms with Gasteiger partial charge in [0.15, 0.2) is 0 Å². The standard InChI is InChI=1S/C22H33ClFN3O5/c1-2-31-19(29)13-3-6-17(25-8-13)26-20(30)21-10-22(11-21,12-21)27-18(28)9-32-14-4-5-15(23)16(24)7-14/h13-17,25H,2-12H2,1H3,(H,26,30)(H,27,28). The third kappa shape index (κ3) is 4.89. The monoisotopic (exact) mass is 473 g/mol. The largest absolute Gasteiger partial charge is 0.466 e. The van der Waals surface area contributed by atoms with E-state index in [4.69, 9.17) is 21.1 Å². The van der Waals surface area contributed by atoms with E-state index in [1.54, 1.807) is 6.92 Å². The first-order valence-electron chi connectivity index (χ1n) is 11.7. The molecule has 5 aliphatic rings. The van der Waals surface area contributed by atoms with Gasteiger partial charge in [0.2, 0.25) is 11.8 Å². The first-order valence-corrected chi connectivity index (χ1v) is 12.1.